The van der Waals surface area contributed by atoms with Crippen LogP contribution in [0, 0.1) is 0 Å². The van der Waals surface area contributed by atoms with E-state index in [-0.39, 0.29) is 5.56 Å². The summed E-state index contributed by atoms with van der Waals surface area (Å²) < 4.78 is 5.75. The van der Waals surface area contributed by atoms with Crippen LogP contribution in [0.5, 0.6) is 11.5 Å². The molecule has 0 heterocycles. The van der Waals surface area contributed by atoms with Gasteiger partial charge in [0.25, 0.3) is 0 Å². The molecule has 20 heavy (non-hydrogen) atoms. The number of carbonyl (C=O) groups is 1. The molecule has 1 aliphatic carbocycles. The van der Waals surface area contributed by atoms with Gasteiger partial charge in [0.1, 0.15) is 11.5 Å². The van der Waals surface area contributed by atoms with Gasteiger partial charge < -0.3 is 15.6 Å². The number of aromatic carboxylic acids is 1. The second kappa shape index (κ2) is 4.89. The van der Waals surface area contributed by atoms with E-state index in [0.717, 1.165) is 18.6 Å². The van der Waals surface area contributed by atoms with Crippen LogP contribution >= 0.6 is 0 Å². The predicted octanol–water partition coefficient (Wildman–Crippen LogP) is 3.25. The number of ether oxygens (including phenoxy) is 1. The van der Waals surface area contributed by atoms with E-state index >= 15 is 0 Å². The van der Waals surface area contributed by atoms with Crippen LogP contribution in [0.1, 0.15) is 27.9 Å². The third-order valence-electron chi connectivity index (χ3n) is 3.55. The number of anilines is 1. The Hall–Kier alpha value is -2.49. The van der Waals surface area contributed by atoms with E-state index in [9.17, 15) is 4.79 Å². The largest absolute Gasteiger partial charge is 0.478 e. The maximum absolute atomic E-state index is 10.9. The number of hydrogen-bond acceptors (Lipinski definition) is 3. The molecular formula is C16H15NO3. The van der Waals surface area contributed by atoms with Crippen LogP contribution in [0.4, 0.5) is 5.69 Å². The SMILES string of the molecule is Nc1cc(C(=O)O)ccc1Oc1ccc2c(c1)CCC2. The molecule has 0 saturated heterocycles. The van der Waals surface area contributed by atoms with Crippen LogP contribution in [-0.2, 0) is 12.8 Å². The van der Waals surface area contributed by atoms with Gasteiger partial charge in [0, 0.05) is 0 Å². The van der Waals surface area contributed by atoms with Gasteiger partial charge in [0.2, 0.25) is 0 Å². The Bertz CT molecular complexity index is 679. The van der Waals surface area contributed by atoms with E-state index in [1.807, 2.05) is 12.1 Å². The molecule has 0 saturated carbocycles. The second-order valence-corrected chi connectivity index (χ2v) is 4.94. The monoisotopic (exact) mass is 269 g/mol. The minimum absolute atomic E-state index is 0.156. The fraction of sp³-hybridized carbons (Fsp3) is 0.188. The Labute approximate surface area is 116 Å². The predicted molar refractivity (Wildman–Crippen MR) is 76.4 cm³/mol. The van der Waals surface area contributed by atoms with E-state index in [1.165, 1.54) is 29.7 Å². The summed E-state index contributed by atoms with van der Waals surface area (Å²) in [7, 11) is 0. The third kappa shape index (κ3) is 2.32. The van der Waals surface area contributed by atoms with E-state index in [0.29, 0.717) is 11.4 Å². The van der Waals surface area contributed by atoms with Crippen LogP contribution in [0.3, 0.4) is 0 Å². The summed E-state index contributed by atoms with van der Waals surface area (Å²) in [5.41, 5.74) is 9.02. The summed E-state index contributed by atoms with van der Waals surface area (Å²) in [5.74, 6) is 0.217. The summed E-state index contributed by atoms with van der Waals surface area (Å²) in [6.07, 6.45) is 3.40. The summed E-state index contributed by atoms with van der Waals surface area (Å²) >= 11 is 0. The normalized spacial score (nSPS) is 13.0. The Kier molecular flexibility index (Phi) is 3.06. The number of carboxylic acids is 1. The lowest BCUT2D eigenvalue weighted by Crippen LogP contribution is -1.99. The number of hydrogen-bond donors (Lipinski definition) is 2. The molecule has 0 aliphatic heterocycles. The van der Waals surface area contributed by atoms with Gasteiger partial charge in [-0.25, -0.2) is 4.79 Å². The first-order valence-corrected chi connectivity index (χ1v) is 6.56. The van der Waals surface area contributed by atoms with Gasteiger partial charge in [0.15, 0.2) is 0 Å². The molecule has 0 spiro atoms. The summed E-state index contributed by atoms with van der Waals surface area (Å²) in [6.45, 7) is 0. The van der Waals surface area contributed by atoms with Gasteiger partial charge >= 0.3 is 5.97 Å². The van der Waals surface area contributed by atoms with E-state index in [1.54, 1.807) is 6.07 Å². The van der Waals surface area contributed by atoms with Gasteiger partial charge in [-0.15, -0.1) is 0 Å². The third-order valence-corrected chi connectivity index (χ3v) is 3.55. The van der Waals surface area contributed by atoms with E-state index in [4.69, 9.17) is 15.6 Å². The fourth-order valence-corrected chi connectivity index (χ4v) is 2.51. The smallest absolute Gasteiger partial charge is 0.335 e. The lowest BCUT2D eigenvalue weighted by Gasteiger charge is -2.10. The van der Waals surface area contributed by atoms with Crippen molar-refractivity contribution in [2.75, 3.05) is 5.73 Å². The fourth-order valence-electron chi connectivity index (χ4n) is 2.51. The van der Waals surface area contributed by atoms with Crippen LogP contribution in [-0.4, -0.2) is 11.1 Å². The summed E-state index contributed by atoms with van der Waals surface area (Å²) in [5, 5.41) is 8.90. The van der Waals surface area contributed by atoms with Crippen molar-refractivity contribution in [2.24, 2.45) is 0 Å². The average Bonchev–Trinajstić information content (AvgIpc) is 2.88. The molecule has 4 heteroatoms. The van der Waals surface area contributed by atoms with Crippen molar-refractivity contribution in [3.05, 3.63) is 53.1 Å². The first-order chi connectivity index (χ1) is 9.63. The van der Waals surface area contributed by atoms with Gasteiger partial charge in [-0.2, -0.15) is 0 Å². The molecule has 3 rings (SSSR count). The minimum Gasteiger partial charge on any atom is -0.478 e. The number of benzene rings is 2. The Morgan fingerprint density at radius 1 is 1.10 bits per heavy atom. The topological polar surface area (TPSA) is 72.6 Å². The number of aryl methyl sites for hydroxylation is 2. The van der Waals surface area contributed by atoms with Crippen molar-refractivity contribution < 1.29 is 14.6 Å². The zero-order valence-corrected chi connectivity index (χ0v) is 10.9. The number of nitrogen functional groups attached to an aromatic ring is 1. The van der Waals surface area contributed by atoms with Gasteiger partial charge in [0.05, 0.1) is 11.3 Å². The van der Waals surface area contributed by atoms with Crippen molar-refractivity contribution in [1.82, 2.24) is 0 Å². The maximum atomic E-state index is 10.9. The van der Waals surface area contributed by atoms with E-state index in [2.05, 4.69) is 6.07 Å². The Balaban J connectivity index is 1.86. The molecule has 102 valence electrons. The minimum atomic E-state index is -0.999. The molecule has 0 radical (unpaired) electrons. The van der Waals surface area contributed by atoms with Crippen molar-refractivity contribution >= 4 is 11.7 Å². The first kappa shape index (κ1) is 12.5. The van der Waals surface area contributed by atoms with Crippen molar-refractivity contribution in [2.45, 2.75) is 19.3 Å². The lowest BCUT2D eigenvalue weighted by molar-refractivity contribution is 0.0697. The van der Waals surface area contributed by atoms with Crippen LogP contribution < -0.4 is 10.5 Å². The Morgan fingerprint density at radius 3 is 2.65 bits per heavy atom. The maximum Gasteiger partial charge on any atom is 0.335 e. The number of nitrogens with two attached hydrogens (primary N) is 1. The molecule has 2 aromatic rings. The van der Waals surface area contributed by atoms with Gasteiger partial charge in [-0.05, 0) is 60.7 Å². The molecule has 0 amide bonds. The highest BCUT2D eigenvalue weighted by Crippen LogP contribution is 2.31. The first-order valence-electron chi connectivity index (χ1n) is 6.56. The van der Waals surface area contributed by atoms with Crippen LogP contribution in [0.15, 0.2) is 36.4 Å². The van der Waals surface area contributed by atoms with Crippen molar-refractivity contribution in [3.8, 4) is 11.5 Å². The zero-order chi connectivity index (χ0) is 14.1. The molecule has 0 atom stereocenters. The molecule has 3 N–H and O–H groups in total. The Morgan fingerprint density at radius 2 is 1.90 bits per heavy atom. The molecule has 1 aliphatic rings. The highest BCUT2D eigenvalue weighted by Gasteiger charge is 2.12. The quantitative estimate of drug-likeness (QED) is 0.839. The van der Waals surface area contributed by atoms with Gasteiger partial charge in [-0.1, -0.05) is 6.07 Å². The molecular weight excluding hydrogens is 254 g/mol. The number of rotatable bonds is 3. The molecule has 0 fully saturated rings. The standard InChI is InChI=1S/C16H15NO3/c17-14-9-12(16(18)19)5-7-15(14)20-13-6-4-10-2-1-3-11(10)8-13/h4-9H,1-3,17H2,(H,18,19). The van der Waals surface area contributed by atoms with Crippen LogP contribution in [0.2, 0.25) is 0 Å². The number of fused-ring (bicyclic) bond motifs is 1. The highest BCUT2D eigenvalue weighted by atomic mass is 16.5. The summed E-state index contributed by atoms with van der Waals surface area (Å²) in [4.78, 5) is 10.9. The summed E-state index contributed by atoms with van der Waals surface area (Å²) in [6, 6.07) is 10.5. The average molecular weight is 269 g/mol. The molecule has 0 bridgehead atoms. The van der Waals surface area contributed by atoms with Gasteiger partial charge in [-0.3, -0.25) is 0 Å². The second-order valence-electron chi connectivity index (χ2n) is 4.94. The molecule has 2 aromatic carbocycles. The zero-order valence-electron chi connectivity index (χ0n) is 10.9. The van der Waals surface area contributed by atoms with E-state index < -0.39 is 5.97 Å². The molecule has 4 nitrogen and oxygen atoms in total. The van der Waals surface area contributed by atoms with Crippen molar-refractivity contribution in [1.29, 1.82) is 0 Å². The molecule has 0 aromatic heterocycles. The van der Waals surface area contributed by atoms with Crippen molar-refractivity contribution in [3.63, 3.8) is 0 Å². The highest BCUT2D eigenvalue weighted by molar-refractivity contribution is 5.89. The molecule has 0 unspecified atom stereocenters. The lowest BCUT2D eigenvalue weighted by atomic mass is 10.1. The van der Waals surface area contributed by atoms with Crippen LogP contribution in [0.25, 0.3) is 0 Å². The number of carboxylic acid groups (broad SMARTS) is 1.